The van der Waals surface area contributed by atoms with Gasteiger partial charge in [-0.3, -0.25) is 14.2 Å². The van der Waals surface area contributed by atoms with Crippen molar-refractivity contribution in [3.8, 4) is 0 Å². The topological polar surface area (TPSA) is 36.4 Å². The SMILES string of the molecule is O=C1CC(CF)CN1C1CCN(c2ccncc2Cl)CC1. The molecule has 1 aromatic heterocycles. The van der Waals surface area contributed by atoms with E-state index in [4.69, 9.17) is 11.6 Å². The van der Waals surface area contributed by atoms with Crippen molar-refractivity contribution >= 4 is 23.2 Å². The van der Waals surface area contributed by atoms with E-state index in [9.17, 15) is 9.18 Å². The van der Waals surface area contributed by atoms with Crippen LogP contribution in [0.3, 0.4) is 0 Å². The van der Waals surface area contributed by atoms with E-state index in [1.165, 1.54) is 0 Å². The lowest BCUT2D eigenvalue weighted by Gasteiger charge is -2.38. The number of carbonyl (C=O) groups excluding carboxylic acids is 1. The molecule has 2 aliphatic rings. The molecule has 1 amide bonds. The zero-order valence-corrected chi connectivity index (χ0v) is 12.6. The number of alkyl halides is 1. The van der Waals surface area contributed by atoms with Crippen LogP contribution in [-0.4, -0.2) is 48.1 Å². The summed E-state index contributed by atoms with van der Waals surface area (Å²) >= 11 is 6.17. The molecule has 1 unspecified atom stereocenters. The molecule has 2 saturated heterocycles. The van der Waals surface area contributed by atoms with Gasteiger partial charge in [-0.05, 0) is 18.9 Å². The van der Waals surface area contributed by atoms with Gasteiger partial charge in [-0.25, -0.2) is 0 Å². The average Bonchev–Trinajstić information content (AvgIpc) is 2.89. The number of carbonyl (C=O) groups is 1. The molecule has 0 spiro atoms. The average molecular weight is 312 g/mol. The Bertz CT molecular complexity index is 519. The second-order valence-electron chi connectivity index (χ2n) is 5.82. The molecule has 0 bridgehead atoms. The van der Waals surface area contributed by atoms with E-state index in [1.807, 2.05) is 11.0 Å². The highest BCUT2D eigenvalue weighted by Crippen LogP contribution is 2.30. The molecule has 0 aromatic carbocycles. The molecular weight excluding hydrogens is 293 g/mol. The maximum atomic E-state index is 12.7. The lowest BCUT2D eigenvalue weighted by molar-refractivity contribution is -0.130. The number of aromatic nitrogens is 1. The summed E-state index contributed by atoms with van der Waals surface area (Å²) in [5.74, 6) is 0.00298. The molecule has 0 saturated carbocycles. The maximum Gasteiger partial charge on any atom is 0.223 e. The molecule has 6 heteroatoms. The Kier molecular flexibility index (Phi) is 4.29. The predicted molar refractivity (Wildman–Crippen MR) is 80.3 cm³/mol. The Morgan fingerprint density at radius 1 is 1.38 bits per heavy atom. The molecule has 3 heterocycles. The molecule has 0 radical (unpaired) electrons. The number of likely N-dealkylation sites (tertiary alicyclic amines) is 1. The number of hydrogen-bond donors (Lipinski definition) is 0. The fourth-order valence-corrected chi connectivity index (χ4v) is 3.55. The normalized spacial score (nSPS) is 23.9. The van der Waals surface area contributed by atoms with Crippen molar-refractivity contribution in [1.29, 1.82) is 0 Å². The van der Waals surface area contributed by atoms with E-state index in [0.29, 0.717) is 18.0 Å². The van der Waals surface area contributed by atoms with E-state index in [0.717, 1.165) is 31.6 Å². The molecule has 2 aliphatic heterocycles. The van der Waals surface area contributed by atoms with Crippen LogP contribution in [0.2, 0.25) is 5.02 Å². The van der Waals surface area contributed by atoms with Crippen molar-refractivity contribution in [1.82, 2.24) is 9.88 Å². The third-order valence-electron chi connectivity index (χ3n) is 4.45. The van der Waals surface area contributed by atoms with Crippen molar-refractivity contribution in [3.05, 3.63) is 23.5 Å². The molecular formula is C15H19ClFN3O. The van der Waals surface area contributed by atoms with Gasteiger partial charge in [0.1, 0.15) is 0 Å². The van der Waals surface area contributed by atoms with Crippen molar-refractivity contribution in [2.45, 2.75) is 25.3 Å². The number of nitrogens with zero attached hydrogens (tertiary/aromatic N) is 3. The Morgan fingerprint density at radius 3 is 2.76 bits per heavy atom. The van der Waals surface area contributed by atoms with E-state index < -0.39 is 6.67 Å². The molecule has 4 nitrogen and oxygen atoms in total. The Morgan fingerprint density at radius 2 is 2.14 bits per heavy atom. The zero-order valence-electron chi connectivity index (χ0n) is 11.8. The van der Waals surface area contributed by atoms with Gasteiger partial charge in [0.2, 0.25) is 5.91 Å². The lowest BCUT2D eigenvalue weighted by atomic mass is 10.0. The first-order valence-corrected chi connectivity index (χ1v) is 7.76. The highest BCUT2D eigenvalue weighted by molar-refractivity contribution is 6.33. The Hall–Kier alpha value is -1.36. The van der Waals surface area contributed by atoms with Gasteiger partial charge >= 0.3 is 0 Å². The summed E-state index contributed by atoms with van der Waals surface area (Å²) in [6, 6.07) is 2.16. The summed E-state index contributed by atoms with van der Waals surface area (Å²) in [5.41, 5.74) is 1.000. The van der Waals surface area contributed by atoms with Crippen molar-refractivity contribution in [3.63, 3.8) is 0 Å². The fraction of sp³-hybridized carbons (Fsp3) is 0.600. The Balaban J connectivity index is 1.61. The second-order valence-corrected chi connectivity index (χ2v) is 6.22. The first-order chi connectivity index (χ1) is 10.2. The van der Waals surface area contributed by atoms with Crippen molar-refractivity contribution < 1.29 is 9.18 Å². The van der Waals surface area contributed by atoms with Crippen LogP contribution in [0.5, 0.6) is 0 Å². The third kappa shape index (κ3) is 2.98. The van der Waals surface area contributed by atoms with Gasteiger partial charge in [-0.1, -0.05) is 11.6 Å². The summed E-state index contributed by atoms with van der Waals surface area (Å²) in [7, 11) is 0. The molecule has 114 valence electrons. The van der Waals surface area contributed by atoms with Gasteiger partial charge < -0.3 is 9.80 Å². The van der Waals surface area contributed by atoms with E-state index in [1.54, 1.807) is 12.4 Å². The lowest BCUT2D eigenvalue weighted by Crippen LogP contribution is -2.45. The van der Waals surface area contributed by atoms with Crippen LogP contribution in [0.15, 0.2) is 18.5 Å². The molecule has 2 fully saturated rings. The maximum absolute atomic E-state index is 12.7. The first kappa shape index (κ1) is 14.6. The minimum Gasteiger partial charge on any atom is -0.370 e. The summed E-state index contributed by atoms with van der Waals surface area (Å²) in [4.78, 5) is 20.1. The van der Waals surface area contributed by atoms with Gasteiger partial charge in [0.15, 0.2) is 0 Å². The number of halogens is 2. The molecule has 1 aromatic rings. The van der Waals surface area contributed by atoms with Crippen LogP contribution in [0.1, 0.15) is 19.3 Å². The number of rotatable bonds is 3. The van der Waals surface area contributed by atoms with E-state index in [2.05, 4.69) is 9.88 Å². The number of hydrogen-bond acceptors (Lipinski definition) is 3. The highest BCUT2D eigenvalue weighted by Gasteiger charge is 2.35. The van der Waals surface area contributed by atoms with Gasteiger partial charge in [0, 0.05) is 50.4 Å². The summed E-state index contributed by atoms with van der Waals surface area (Å²) in [5, 5.41) is 0.658. The van der Waals surface area contributed by atoms with E-state index in [-0.39, 0.29) is 17.9 Å². The molecule has 0 N–H and O–H groups in total. The van der Waals surface area contributed by atoms with Gasteiger partial charge in [-0.2, -0.15) is 0 Å². The number of anilines is 1. The summed E-state index contributed by atoms with van der Waals surface area (Å²) in [6.45, 7) is 1.90. The van der Waals surface area contributed by atoms with Crippen LogP contribution in [0, 0.1) is 5.92 Å². The van der Waals surface area contributed by atoms with Crippen LogP contribution in [0.4, 0.5) is 10.1 Å². The molecule has 3 rings (SSSR count). The molecule has 21 heavy (non-hydrogen) atoms. The largest absolute Gasteiger partial charge is 0.370 e. The first-order valence-electron chi connectivity index (χ1n) is 7.39. The predicted octanol–water partition coefficient (Wildman–Crippen LogP) is 2.52. The van der Waals surface area contributed by atoms with E-state index >= 15 is 0 Å². The van der Waals surface area contributed by atoms with Crippen molar-refractivity contribution in [2.75, 3.05) is 31.2 Å². The minimum absolute atomic E-state index is 0.106. The fourth-order valence-electron chi connectivity index (χ4n) is 3.31. The number of amides is 1. The highest BCUT2D eigenvalue weighted by atomic mass is 35.5. The number of piperidine rings is 1. The molecule has 0 aliphatic carbocycles. The Labute approximate surface area is 128 Å². The van der Waals surface area contributed by atoms with Crippen LogP contribution < -0.4 is 4.90 Å². The monoisotopic (exact) mass is 311 g/mol. The van der Waals surface area contributed by atoms with Crippen LogP contribution in [0.25, 0.3) is 0 Å². The van der Waals surface area contributed by atoms with Gasteiger partial charge in [-0.15, -0.1) is 0 Å². The van der Waals surface area contributed by atoms with Crippen LogP contribution in [-0.2, 0) is 4.79 Å². The third-order valence-corrected chi connectivity index (χ3v) is 4.74. The second kappa shape index (κ2) is 6.18. The number of pyridine rings is 1. The molecule has 1 atom stereocenters. The van der Waals surface area contributed by atoms with Crippen LogP contribution >= 0.6 is 11.6 Å². The summed E-state index contributed by atoms with van der Waals surface area (Å²) < 4.78 is 12.7. The van der Waals surface area contributed by atoms with Gasteiger partial charge in [0.25, 0.3) is 0 Å². The minimum atomic E-state index is -0.395. The van der Waals surface area contributed by atoms with Crippen molar-refractivity contribution in [2.24, 2.45) is 5.92 Å². The zero-order chi connectivity index (χ0) is 14.8. The smallest absolute Gasteiger partial charge is 0.223 e. The standard InChI is InChI=1S/C15H19ClFN3O/c16-13-9-18-4-1-14(13)19-5-2-12(3-6-19)20-10-11(8-17)7-15(20)21/h1,4,9,11-12H,2-3,5-8,10H2. The summed E-state index contributed by atoms with van der Waals surface area (Å²) in [6.07, 6.45) is 5.57. The quantitative estimate of drug-likeness (QED) is 0.860. The van der Waals surface area contributed by atoms with Gasteiger partial charge in [0.05, 0.1) is 17.4 Å².